The van der Waals surface area contributed by atoms with Crippen molar-refractivity contribution in [2.75, 3.05) is 10.8 Å². The summed E-state index contributed by atoms with van der Waals surface area (Å²) in [5, 5.41) is 3.15. The summed E-state index contributed by atoms with van der Waals surface area (Å²) in [5.74, 6) is -0.350. The number of halogens is 3. The van der Waals surface area contributed by atoms with Gasteiger partial charge >= 0.3 is 5.97 Å². The molecule has 0 unspecified atom stereocenters. The molecule has 0 aliphatic heterocycles. The summed E-state index contributed by atoms with van der Waals surface area (Å²) in [6.07, 6.45) is 3.38. The van der Waals surface area contributed by atoms with E-state index in [1.54, 1.807) is 18.5 Å². The van der Waals surface area contributed by atoms with Gasteiger partial charge in [0.1, 0.15) is 12.1 Å². The number of esters is 1. The fourth-order valence-corrected chi connectivity index (χ4v) is 5.37. The van der Waals surface area contributed by atoms with Gasteiger partial charge in [-0.2, -0.15) is 0 Å². The Morgan fingerprint density at radius 1 is 0.943 bits per heavy atom. The van der Waals surface area contributed by atoms with E-state index in [-0.39, 0.29) is 17.8 Å². The molecule has 5 nitrogen and oxygen atoms in total. The molecule has 0 atom stereocenters. The number of carbonyl (C=O) groups excluding carboxylic acids is 1. The topological polar surface area (TPSA) is 55.3 Å². The SMILES string of the molecule is CC(C)(C)OC(=O)CN(Sc1cc(Cl)cc(Cl)c1)c1cccc2c(-c3cnc(Cl)nc3)cccc12. The number of anilines is 1. The van der Waals surface area contributed by atoms with E-state index in [1.165, 1.54) is 11.9 Å². The van der Waals surface area contributed by atoms with Crippen molar-refractivity contribution >= 4 is 69.2 Å². The van der Waals surface area contributed by atoms with Crippen LogP contribution in [0.15, 0.2) is 71.9 Å². The molecular weight excluding hydrogens is 525 g/mol. The molecule has 3 aromatic carbocycles. The molecule has 0 amide bonds. The monoisotopic (exact) mass is 545 g/mol. The largest absolute Gasteiger partial charge is 0.459 e. The van der Waals surface area contributed by atoms with Gasteiger partial charge in [-0.1, -0.05) is 53.5 Å². The van der Waals surface area contributed by atoms with Crippen molar-refractivity contribution in [3.8, 4) is 11.1 Å². The predicted molar refractivity (Wildman–Crippen MR) is 145 cm³/mol. The number of fused-ring (bicyclic) bond motifs is 1. The molecule has 0 N–H and O–H groups in total. The summed E-state index contributed by atoms with van der Waals surface area (Å²) in [6, 6.07) is 17.2. The smallest absolute Gasteiger partial charge is 0.327 e. The van der Waals surface area contributed by atoms with Crippen LogP contribution in [0.1, 0.15) is 20.8 Å². The van der Waals surface area contributed by atoms with Crippen LogP contribution in [0.3, 0.4) is 0 Å². The zero-order valence-electron chi connectivity index (χ0n) is 19.3. The van der Waals surface area contributed by atoms with Gasteiger partial charge in [0.15, 0.2) is 0 Å². The third kappa shape index (κ3) is 6.58. The Morgan fingerprint density at radius 2 is 1.57 bits per heavy atom. The Bertz CT molecular complexity index is 1350. The molecule has 9 heteroatoms. The Morgan fingerprint density at radius 3 is 2.23 bits per heavy atom. The van der Waals surface area contributed by atoms with Crippen molar-refractivity contribution in [1.82, 2.24) is 9.97 Å². The molecular formula is C26H22Cl3N3O2S. The Balaban J connectivity index is 1.80. The van der Waals surface area contributed by atoms with Crippen LogP contribution in [0.25, 0.3) is 21.9 Å². The maximum absolute atomic E-state index is 12.9. The van der Waals surface area contributed by atoms with Crippen LogP contribution < -0.4 is 4.31 Å². The lowest BCUT2D eigenvalue weighted by atomic mass is 9.99. The predicted octanol–water partition coefficient (Wildman–Crippen LogP) is 8.11. The van der Waals surface area contributed by atoms with Crippen LogP contribution in [-0.2, 0) is 9.53 Å². The molecule has 0 bridgehead atoms. The lowest BCUT2D eigenvalue weighted by molar-refractivity contribution is -0.152. The van der Waals surface area contributed by atoms with Crippen LogP contribution in [0.2, 0.25) is 15.3 Å². The van der Waals surface area contributed by atoms with Gasteiger partial charge in [-0.3, -0.25) is 4.79 Å². The number of ether oxygens (including phenoxy) is 1. The van der Waals surface area contributed by atoms with Crippen molar-refractivity contribution in [2.45, 2.75) is 31.3 Å². The highest BCUT2D eigenvalue weighted by molar-refractivity contribution is 8.00. The molecule has 0 saturated heterocycles. The minimum absolute atomic E-state index is 0.0134. The van der Waals surface area contributed by atoms with E-state index in [9.17, 15) is 4.79 Å². The van der Waals surface area contributed by atoms with E-state index in [0.717, 1.165) is 32.5 Å². The summed E-state index contributed by atoms with van der Waals surface area (Å²) in [5.41, 5.74) is 2.03. The normalized spacial score (nSPS) is 11.5. The highest BCUT2D eigenvalue weighted by Gasteiger charge is 2.22. The minimum atomic E-state index is -0.604. The maximum atomic E-state index is 12.9. The second-order valence-corrected chi connectivity index (χ2v) is 11.0. The third-order valence-electron chi connectivity index (χ3n) is 4.84. The van der Waals surface area contributed by atoms with Gasteiger partial charge < -0.3 is 9.04 Å². The first-order valence-corrected chi connectivity index (χ1v) is 12.6. The van der Waals surface area contributed by atoms with Crippen LogP contribution >= 0.6 is 46.8 Å². The van der Waals surface area contributed by atoms with E-state index in [0.29, 0.717) is 10.0 Å². The minimum Gasteiger partial charge on any atom is -0.459 e. The Kier molecular flexibility index (Phi) is 7.77. The van der Waals surface area contributed by atoms with Gasteiger partial charge in [0.25, 0.3) is 0 Å². The second-order valence-electron chi connectivity index (χ2n) is 8.74. The van der Waals surface area contributed by atoms with Crippen molar-refractivity contribution < 1.29 is 9.53 Å². The Labute approximate surface area is 223 Å². The quantitative estimate of drug-likeness (QED) is 0.138. The molecule has 0 aliphatic rings. The van der Waals surface area contributed by atoms with E-state index in [4.69, 9.17) is 39.5 Å². The van der Waals surface area contributed by atoms with E-state index >= 15 is 0 Å². The van der Waals surface area contributed by atoms with Crippen LogP contribution in [0.5, 0.6) is 0 Å². The van der Waals surface area contributed by atoms with Crippen LogP contribution in [0.4, 0.5) is 5.69 Å². The number of hydrogen-bond donors (Lipinski definition) is 0. The van der Waals surface area contributed by atoms with Crippen molar-refractivity contribution in [2.24, 2.45) is 0 Å². The fraction of sp³-hybridized carbons (Fsp3) is 0.192. The number of nitrogens with zero attached hydrogens (tertiary/aromatic N) is 3. The molecule has 1 aromatic heterocycles. The molecule has 0 radical (unpaired) electrons. The van der Waals surface area contributed by atoms with Crippen molar-refractivity contribution in [3.63, 3.8) is 0 Å². The van der Waals surface area contributed by atoms with E-state index in [2.05, 4.69) is 9.97 Å². The van der Waals surface area contributed by atoms with Crippen LogP contribution in [-0.4, -0.2) is 28.1 Å². The lowest BCUT2D eigenvalue weighted by Gasteiger charge is -2.27. The first-order valence-electron chi connectivity index (χ1n) is 10.7. The van der Waals surface area contributed by atoms with Gasteiger partial charge in [0.2, 0.25) is 5.28 Å². The summed E-state index contributed by atoms with van der Waals surface area (Å²) in [4.78, 5) is 21.9. The fourth-order valence-electron chi connectivity index (χ4n) is 3.58. The molecule has 0 aliphatic carbocycles. The summed E-state index contributed by atoms with van der Waals surface area (Å²) < 4.78 is 7.51. The van der Waals surface area contributed by atoms with Gasteiger partial charge in [-0.05, 0) is 79.5 Å². The number of carbonyl (C=O) groups is 1. The number of rotatable bonds is 6. The lowest BCUT2D eigenvalue weighted by Crippen LogP contribution is -2.31. The van der Waals surface area contributed by atoms with Crippen LogP contribution in [0, 0.1) is 0 Å². The molecule has 1 heterocycles. The third-order valence-corrected chi connectivity index (χ3v) is 6.47. The Hall–Kier alpha value is -2.51. The highest BCUT2D eigenvalue weighted by Crippen LogP contribution is 2.39. The zero-order valence-corrected chi connectivity index (χ0v) is 22.3. The standard InChI is InChI=1S/C26H22Cl3N3O2S/c1-26(2,3)34-24(33)15-32(35-19-11-17(27)10-18(28)12-19)23-9-5-7-21-20(6-4-8-22(21)23)16-13-30-25(29)31-14-16/h4-14H,15H2,1-3H3. The summed E-state index contributed by atoms with van der Waals surface area (Å²) >= 11 is 19.7. The second kappa shape index (κ2) is 10.6. The number of hydrogen-bond acceptors (Lipinski definition) is 6. The molecule has 4 aromatic rings. The van der Waals surface area contributed by atoms with Gasteiger partial charge in [0, 0.05) is 38.3 Å². The molecule has 180 valence electrons. The van der Waals surface area contributed by atoms with Gasteiger partial charge in [0.05, 0.1) is 5.69 Å². The highest BCUT2D eigenvalue weighted by atomic mass is 35.5. The average Bonchev–Trinajstić information content (AvgIpc) is 2.76. The molecule has 0 spiro atoms. The van der Waals surface area contributed by atoms with E-state index in [1.807, 2.05) is 73.6 Å². The zero-order chi connectivity index (χ0) is 25.2. The average molecular weight is 547 g/mol. The van der Waals surface area contributed by atoms with Crippen molar-refractivity contribution in [1.29, 1.82) is 0 Å². The van der Waals surface area contributed by atoms with Crippen molar-refractivity contribution in [3.05, 3.63) is 82.3 Å². The number of aromatic nitrogens is 2. The molecule has 35 heavy (non-hydrogen) atoms. The molecule has 0 fully saturated rings. The summed E-state index contributed by atoms with van der Waals surface area (Å²) in [7, 11) is 0. The summed E-state index contributed by atoms with van der Waals surface area (Å²) in [6.45, 7) is 5.55. The number of benzene rings is 3. The maximum Gasteiger partial charge on any atom is 0.327 e. The van der Waals surface area contributed by atoms with E-state index < -0.39 is 5.60 Å². The molecule has 4 rings (SSSR count). The van der Waals surface area contributed by atoms with Gasteiger partial charge in [-0.25, -0.2) is 9.97 Å². The molecule has 0 saturated carbocycles. The first-order chi connectivity index (χ1) is 16.6. The first kappa shape index (κ1) is 25.6. The van der Waals surface area contributed by atoms with Gasteiger partial charge in [-0.15, -0.1) is 0 Å².